The summed E-state index contributed by atoms with van der Waals surface area (Å²) in [7, 11) is 0. The van der Waals surface area contributed by atoms with Gasteiger partial charge in [-0.05, 0) is 25.3 Å². The molecule has 84 valence electrons. The second-order valence-corrected chi connectivity index (χ2v) is 4.29. The molecule has 2 heteroatoms. The summed E-state index contributed by atoms with van der Waals surface area (Å²) in [6.07, 6.45) is 1.10. The standard InChI is InChI=1S/C13H20O2/c1-11(15)13(2,9-6-10-14)12-7-4-3-5-8-12/h3-5,7-8,11,14-15H,6,9-10H2,1-2H3. The summed E-state index contributed by atoms with van der Waals surface area (Å²) >= 11 is 0. The molecule has 0 spiro atoms. The zero-order chi connectivity index (χ0) is 11.3. The normalized spacial score (nSPS) is 17.1. The Balaban J connectivity index is 2.91. The molecule has 0 aromatic heterocycles. The first kappa shape index (κ1) is 12.2. The van der Waals surface area contributed by atoms with Gasteiger partial charge in [-0.25, -0.2) is 0 Å². The predicted octanol–water partition coefficient (Wildman–Crippen LogP) is 2.10. The fourth-order valence-corrected chi connectivity index (χ4v) is 1.86. The van der Waals surface area contributed by atoms with E-state index in [1.807, 2.05) is 44.2 Å². The molecule has 0 fully saturated rings. The van der Waals surface area contributed by atoms with E-state index in [4.69, 9.17) is 5.11 Å². The smallest absolute Gasteiger partial charge is 0.0606 e. The van der Waals surface area contributed by atoms with Gasteiger partial charge in [0.05, 0.1) is 6.10 Å². The Kier molecular flexibility index (Phi) is 4.30. The Labute approximate surface area is 91.6 Å². The SMILES string of the molecule is CC(O)C(C)(CCCO)c1ccccc1. The minimum absolute atomic E-state index is 0.176. The maximum Gasteiger partial charge on any atom is 0.0606 e. The predicted molar refractivity (Wildman–Crippen MR) is 61.8 cm³/mol. The molecule has 1 aromatic rings. The first-order valence-corrected chi connectivity index (χ1v) is 5.45. The molecular weight excluding hydrogens is 188 g/mol. The van der Waals surface area contributed by atoms with Crippen molar-refractivity contribution in [3.63, 3.8) is 0 Å². The molecule has 15 heavy (non-hydrogen) atoms. The molecule has 2 unspecified atom stereocenters. The highest BCUT2D eigenvalue weighted by Gasteiger charge is 2.31. The lowest BCUT2D eigenvalue weighted by Crippen LogP contribution is -2.34. The second kappa shape index (κ2) is 5.29. The van der Waals surface area contributed by atoms with Gasteiger partial charge in [-0.2, -0.15) is 0 Å². The summed E-state index contributed by atoms with van der Waals surface area (Å²) in [5, 5.41) is 18.7. The van der Waals surface area contributed by atoms with Crippen LogP contribution < -0.4 is 0 Å². The molecule has 2 atom stereocenters. The Morgan fingerprint density at radius 1 is 1.27 bits per heavy atom. The van der Waals surface area contributed by atoms with Crippen LogP contribution in [0.3, 0.4) is 0 Å². The number of rotatable bonds is 5. The van der Waals surface area contributed by atoms with Crippen LogP contribution >= 0.6 is 0 Å². The topological polar surface area (TPSA) is 40.5 Å². The van der Waals surface area contributed by atoms with Gasteiger partial charge >= 0.3 is 0 Å². The summed E-state index contributed by atoms with van der Waals surface area (Å²) < 4.78 is 0. The molecule has 0 saturated heterocycles. The molecule has 0 heterocycles. The van der Waals surface area contributed by atoms with E-state index in [0.29, 0.717) is 0 Å². The quantitative estimate of drug-likeness (QED) is 0.778. The molecule has 0 aliphatic heterocycles. The van der Waals surface area contributed by atoms with Gasteiger partial charge in [0.2, 0.25) is 0 Å². The zero-order valence-electron chi connectivity index (χ0n) is 9.48. The number of aliphatic hydroxyl groups is 2. The van der Waals surface area contributed by atoms with Gasteiger partial charge in [-0.3, -0.25) is 0 Å². The van der Waals surface area contributed by atoms with Crippen LogP contribution in [0.5, 0.6) is 0 Å². The molecule has 0 aliphatic rings. The van der Waals surface area contributed by atoms with Gasteiger partial charge < -0.3 is 10.2 Å². The van der Waals surface area contributed by atoms with Gasteiger partial charge in [-0.1, -0.05) is 37.3 Å². The summed E-state index contributed by atoms with van der Waals surface area (Å²) in [5.41, 5.74) is 0.873. The number of hydrogen-bond donors (Lipinski definition) is 2. The van der Waals surface area contributed by atoms with Crippen molar-refractivity contribution in [1.29, 1.82) is 0 Å². The Morgan fingerprint density at radius 3 is 2.33 bits per heavy atom. The van der Waals surface area contributed by atoms with Crippen molar-refractivity contribution in [2.75, 3.05) is 6.61 Å². The molecule has 0 bridgehead atoms. The van der Waals surface area contributed by atoms with Crippen molar-refractivity contribution >= 4 is 0 Å². The van der Waals surface area contributed by atoms with E-state index in [2.05, 4.69) is 0 Å². The monoisotopic (exact) mass is 208 g/mol. The van der Waals surface area contributed by atoms with Gasteiger partial charge in [0.15, 0.2) is 0 Å². The van der Waals surface area contributed by atoms with Crippen LogP contribution in [0.25, 0.3) is 0 Å². The van der Waals surface area contributed by atoms with Crippen molar-refractivity contribution in [2.24, 2.45) is 0 Å². The Morgan fingerprint density at radius 2 is 1.87 bits per heavy atom. The molecule has 0 radical (unpaired) electrons. The van der Waals surface area contributed by atoms with E-state index >= 15 is 0 Å². The van der Waals surface area contributed by atoms with Crippen LogP contribution in [0.2, 0.25) is 0 Å². The van der Waals surface area contributed by atoms with Crippen molar-refractivity contribution < 1.29 is 10.2 Å². The van der Waals surface area contributed by atoms with Gasteiger partial charge in [-0.15, -0.1) is 0 Å². The summed E-state index contributed by atoms with van der Waals surface area (Å²) in [4.78, 5) is 0. The molecule has 0 aliphatic carbocycles. The highest BCUT2D eigenvalue weighted by molar-refractivity contribution is 5.25. The van der Waals surface area contributed by atoms with E-state index in [0.717, 1.165) is 18.4 Å². The van der Waals surface area contributed by atoms with Crippen LogP contribution in [0.4, 0.5) is 0 Å². The molecule has 2 nitrogen and oxygen atoms in total. The third-order valence-electron chi connectivity index (χ3n) is 3.21. The zero-order valence-corrected chi connectivity index (χ0v) is 9.48. The largest absolute Gasteiger partial charge is 0.396 e. The lowest BCUT2D eigenvalue weighted by Gasteiger charge is -2.33. The Hall–Kier alpha value is -0.860. The summed E-state index contributed by atoms with van der Waals surface area (Å²) in [6, 6.07) is 10.00. The fraction of sp³-hybridized carbons (Fsp3) is 0.538. The third kappa shape index (κ3) is 2.80. The van der Waals surface area contributed by atoms with Crippen molar-refractivity contribution in [3.8, 4) is 0 Å². The molecule has 1 aromatic carbocycles. The lowest BCUT2D eigenvalue weighted by molar-refractivity contribution is 0.0950. The van der Waals surface area contributed by atoms with Gasteiger partial charge in [0.25, 0.3) is 0 Å². The van der Waals surface area contributed by atoms with E-state index in [1.165, 1.54) is 0 Å². The number of benzene rings is 1. The van der Waals surface area contributed by atoms with Crippen LogP contribution in [0, 0.1) is 0 Å². The van der Waals surface area contributed by atoms with Gasteiger partial charge in [0.1, 0.15) is 0 Å². The minimum atomic E-state index is -0.411. The minimum Gasteiger partial charge on any atom is -0.396 e. The summed E-state index contributed by atoms with van der Waals surface area (Å²) in [6.45, 7) is 4.03. The first-order chi connectivity index (χ1) is 7.11. The van der Waals surface area contributed by atoms with E-state index in [9.17, 15) is 5.11 Å². The first-order valence-electron chi connectivity index (χ1n) is 5.45. The Bertz CT molecular complexity index is 282. The van der Waals surface area contributed by atoms with E-state index < -0.39 is 6.10 Å². The molecule has 0 amide bonds. The highest BCUT2D eigenvalue weighted by Crippen LogP contribution is 2.32. The van der Waals surface area contributed by atoms with Crippen molar-refractivity contribution in [2.45, 2.75) is 38.2 Å². The maximum absolute atomic E-state index is 9.87. The van der Waals surface area contributed by atoms with Crippen LogP contribution in [0.1, 0.15) is 32.3 Å². The fourth-order valence-electron chi connectivity index (χ4n) is 1.86. The maximum atomic E-state index is 9.87. The summed E-state index contributed by atoms with van der Waals surface area (Å²) in [5.74, 6) is 0. The highest BCUT2D eigenvalue weighted by atomic mass is 16.3. The van der Waals surface area contributed by atoms with Crippen LogP contribution in [-0.2, 0) is 5.41 Å². The number of aliphatic hydroxyl groups excluding tert-OH is 2. The van der Waals surface area contributed by atoms with Crippen molar-refractivity contribution in [3.05, 3.63) is 35.9 Å². The average Bonchev–Trinajstić information content (AvgIpc) is 2.27. The lowest BCUT2D eigenvalue weighted by atomic mass is 9.74. The molecule has 2 N–H and O–H groups in total. The molecule has 1 rings (SSSR count). The molecular formula is C13H20O2. The number of hydrogen-bond acceptors (Lipinski definition) is 2. The van der Waals surface area contributed by atoms with Crippen LogP contribution in [-0.4, -0.2) is 22.9 Å². The van der Waals surface area contributed by atoms with Crippen LogP contribution in [0.15, 0.2) is 30.3 Å². The van der Waals surface area contributed by atoms with E-state index in [-0.39, 0.29) is 12.0 Å². The molecule has 0 saturated carbocycles. The van der Waals surface area contributed by atoms with Gasteiger partial charge in [0, 0.05) is 12.0 Å². The van der Waals surface area contributed by atoms with E-state index in [1.54, 1.807) is 0 Å². The second-order valence-electron chi connectivity index (χ2n) is 4.29. The average molecular weight is 208 g/mol. The third-order valence-corrected chi connectivity index (χ3v) is 3.21. The van der Waals surface area contributed by atoms with Crippen molar-refractivity contribution in [1.82, 2.24) is 0 Å².